The van der Waals surface area contributed by atoms with Gasteiger partial charge in [-0.05, 0) is 24.6 Å². The Balaban J connectivity index is 1.55. The molecule has 4 rings (SSSR count). The van der Waals surface area contributed by atoms with Crippen molar-refractivity contribution in [3.05, 3.63) is 53.2 Å². The molecule has 0 aliphatic carbocycles. The Morgan fingerprint density at radius 2 is 2.00 bits per heavy atom. The summed E-state index contributed by atoms with van der Waals surface area (Å²) in [5.74, 6) is -1.05. The van der Waals surface area contributed by atoms with E-state index in [-0.39, 0.29) is 25.5 Å². The Kier molecular flexibility index (Phi) is 5.96. The summed E-state index contributed by atoms with van der Waals surface area (Å²) in [5, 5.41) is 5.45. The first-order valence-electron chi connectivity index (χ1n) is 10.5. The van der Waals surface area contributed by atoms with E-state index in [4.69, 9.17) is 0 Å². The molecule has 1 aromatic carbocycles. The summed E-state index contributed by atoms with van der Waals surface area (Å²) in [7, 11) is 0. The number of amides is 3. The zero-order valence-corrected chi connectivity index (χ0v) is 17.8. The van der Waals surface area contributed by atoms with Gasteiger partial charge in [0.2, 0.25) is 5.91 Å². The summed E-state index contributed by atoms with van der Waals surface area (Å²) in [5.41, 5.74) is -0.775. The summed E-state index contributed by atoms with van der Waals surface area (Å²) >= 11 is 0. The van der Waals surface area contributed by atoms with Crippen molar-refractivity contribution in [2.45, 2.75) is 25.6 Å². The van der Waals surface area contributed by atoms with Gasteiger partial charge in [-0.1, -0.05) is 19.1 Å². The number of fused-ring (bicyclic) bond motifs is 3. The molecule has 1 saturated heterocycles. The Bertz CT molecular complexity index is 1100. The molecule has 1 unspecified atom stereocenters. The first kappa shape index (κ1) is 22.6. The molecule has 1 atom stereocenters. The molecular weight excluding hydrogens is 439 g/mol. The van der Waals surface area contributed by atoms with Crippen molar-refractivity contribution in [3.8, 4) is 0 Å². The lowest BCUT2D eigenvalue weighted by atomic mass is 10.0. The van der Waals surface area contributed by atoms with E-state index in [1.807, 2.05) is 6.92 Å². The average molecular weight is 461 g/mol. The van der Waals surface area contributed by atoms with Gasteiger partial charge in [-0.25, -0.2) is 4.98 Å². The van der Waals surface area contributed by atoms with Crippen LogP contribution in [0.4, 0.5) is 24.7 Å². The lowest BCUT2D eigenvalue weighted by molar-refractivity contribution is -0.138. The normalized spacial score (nSPS) is 17.7. The first-order valence-corrected chi connectivity index (χ1v) is 10.5. The number of piperazine rings is 1. The summed E-state index contributed by atoms with van der Waals surface area (Å²) in [6, 6.07) is 5.34. The SMILES string of the molecule is CCCNC(=O)c1cnc2c(c1)NC(=O)C1CN(C(=O)c3ccccc3C(F)(F)F)CCN21. The van der Waals surface area contributed by atoms with Gasteiger partial charge in [0.15, 0.2) is 5.82 Å². The number of halogens is 3. The zero-order chi connectivity index (χ0) is 23.8. The third kappa shape index (κ3) is 4.35. The number of alkyl halides is 3. The number of nitrogens with one attached hydrogen (secondary N) is 2. The molecule has 2 aliphatic rings. The minimum absolute atomic E-state index is 0.0866. The van der Waals surface area contributed by atoms with Crippen molar-refractivity contribution in [2.75, 3.05) is 36.4 Å². The Hall–Kier alpha value is -3.63. The lowest BCUT2D eigenvalue weighted by Gasteiger charge is -2.44. The second-order valence-electron chi connectivity index (χ2n) is 7.84. The molecule has 11 heteroatoms. The van der Waals surface area contributed by atoms with E-state index in [0.717, 1.165) is 18.6 Å². The van der Waals surface area contributed by atoms with Gasteiger partial charge < -0.3 is 20.4 Å². The molecule has 3 heterocycles. The number of aromatic nitrogens is 1. The molecule has 0 spiro atoms. The second-order valence-corrected chi connectivity index (χ2v) is 7.84. The molecule has 8 nitrogen and oxygen atoms in total. The van der Waals surface area contributed by atoms with Crippen LogP contribution in [-0.4, -0.2) is 59.8 Å². The molecule has 3 amide bonds. The van der Waals surface area contributed by atoms with Gasteiger partial charge in [-0.3, -0.25) is 14.4 Å². The van der Waals surface area contributed by atoms with E-state index < -0.39 is 35.2 Å². The fourth-order valence-corrected chi connectivity index (χ4v) is 3.99. The molecule has 2 aliphatic heterocycles. The van der Waals surface area contributed by atoms with E-state index in [9.17, 15) is 27.6 Å². The molecule has 0 saturated carbocycles. The number of anilines is 2. The molecule has 174 valence electrons. The number of carbonyl (C=O) groups excluding carboxylic acids is 3. The van der Waals surface area contributed by atoms with Crippen LogP contribution >= 0.6 is 0 Å². The predicted molar refractivity (Wildman–Crippen MR) is 114 cm³/mol. The highest BCUT2D eigenvalue weighted by atomic mass is 19.4. The van der Waals surface area contributed by atoms with Crippen molar-refractivity contribution in [2.24, 2.45) is 0 Å². The Morgan fingerprint density at radius 1 is 1.24 bits per heavy atom. The second kappa shape index (κ2) is 8.72. The molecule has 2 N–H and O–H groups in total. The van der Waals surface area contributed by atoms with Crippen molar-refractivity contribution >= 4 is 29.2 Å². The van der Waals surface area contributed by atoms with Gasteiger partial charge in [0.25, 0.3) is 11.8 Å². The topological polar surface area (TPSA) is 94.6 Å². The standard InChI is InChI=1S/C22H22F3N5O3/c1-2-7-26-19(31)13-10-16-18(27-11-13)30-9-8-29(12-17(30)20(32)28-16)21(33)14-5-3-4-6-15(14)22(23,24)25/h3-6,10-11,17H,2,7-9,12H2,1H3,(H,26,31)(H,28,32). The number of rotatable bonds is 4. The summed E-state index contributed by atoms with van der Waals surface area (Å²) < 4.78 is 40.1. The predicted octanol–water partition coefficient (Wildman–Crippen LogP) is 2.52. The van der Waals surface area contributed by atoms with Gasteiger partial charge in [0.05, 0.1) is 28.9 Å². The van der Waals surface area contributed by atoms with Crippen LogP contribution in [-0.2, 0) is 11.0 Å². The van der Waals surface area contributed by atoms with Crippen LogP contribution < -0.4 is 15.5 Å². The van der Waals surface area contributed by atoms with Crippen molar-refractivity contribution < 1.29 is 27.6 Å². The van der Waals surface area contributed by atoms with E-state index >= 15 is 0 Å². The third-order valence-corrected chi connectivity index (χ3v) is 5.63. The van der Waals surface area contributed by atoms with E-state index in [1.54, 1.807) is 11.0 Å². The number of benzene rings is 1. The Labute approximate surface area is 187 Å². The first-order chi connectivity index (χ1) is 15.7. The summed E-state index contributed by atoms with van der Waals surface area (Å²) in [6.07, 6.45) is -2.48. The minimum atomic E-state index is -4.67. The number of nitrogens with zero attached hydrogens (tertiary/aromatic N) is 3. The summed E-state index contributed by atoms with van der Waals surface area (Å²) in [4.78, 5) is 45.2. The maximum absolute atomic E-state index is 13.4. The van der Waals surface area contributed by atoms with E-state index in [2.05, 4.69) is 15.6 Å². The maximum atomic E-state index is 13.4. The number of hydrogen-bond acceptors (Lipinski definition) is 5. The monoisotopic (exact) mass is 461 g/mol. The third-order valence-electron chi connectivity index (χ3n) is 5.63. The number of carbonyl (C=O) groups is 3. The van der Waals surface area contributed by atoms with Crippen molar-refractivity contribution in [1.82, 2.24) is 15.2 Å². The van der Waals surface area contributed by atoms with Crippen LogP contribution in [0, 0.1) is 0 Å². The number of pyridine rings is 1. The van der Waals surface area contributed by atoms with Gasteiger partial charge in [0, 0.05) is 25.8 Å². The minimum Gasteiger partial charge on any atom is -0.352 e. The van der Waals surface area contributed by atoms with Crippen molar-refractivity contribution in [1.29, 1.82) is 0 Å². The molecule has 1 fully saturated rings. The molecule has 1 aromatic heterocycles. The fourth-order valence-electron chi connectivity index (χ4n) is 3.99. The fraction of sp³-hybridized carbons (Fsp3) is 0.364. The van der Waals surface area contributed by atoms with Gasteiger partial charge in [-0.2, -0.15) is 13.2 Å². The zero-order valence-electron chi connectivity index (χ0n) is 17.8. The quantitative estimate of drug-likeness (QED) is 0.730. The highest BCUT2D eigenvalue weighted by Gasteiger charge is 2.41. The van der Waals surface area contributed by atoms with Gasteiger partial charge in [0.1, 0.15) is 6.04 Å². The summed E-state index contributed by atoms with van der Waals surface area (Å²) in [6.45, 7) is 2.68. The highest BCUT2D eigenvalue weighted by Crippen LogP contribution is 2.35. The molecule has 0 radical (unpaired) electrons. The average Bonchev–Trinajstić information content (AvgIpc) is 2.81. The highest BCUT2D eigenvalue weighted by molar-refractivity contribution is 6.05. The molecule has 0 bridgehead atoms. The maximum Gasteiger partial charge on any atom is 0.417 e. The Morgan fingerprint density at radius 3 is 2.73 bits per heavy atom. The van der Waals surface area contributed by atoms with Gasteiger partial charge >= 0.3 is 6.18 Å². The molecule has 33 heavy (non-hydrogen) atoms. The van der Waals surface area contributed by atoms with Gasteiger partial charge in [-0.15, -0.1) is 0 Å². The van der Waals surface area contributed by atoms with Crippen LogP contribution in [0.3, 0.4) is 0 Å². The van der Waals surface area contributed by atoms with E-state index in [0.29, 0.717) is 23.6 Å². The van der Waals surface area contributed by atoms with Crippen LogP contribution in [0.1, 0.15) is 39.6 Å². The smallest absolute Gasteiger partial charge is 0.352 e. The van der Waals surface area contributed by atoms with Crippen LogP contribution in [0.5, 0.6) is 0 Å². The van der Waals surface area contributed by atoms with Crippen LogP contribution in [0.2, 0.25) is 0 Å². The molecule has 2 aromatic rings. The number of hydrogen-bond donors (Lipinski definition) is 2. The lowest BCUT2D eigenvalue weighted by Crippen LogP contribution is -2.61. The van der Waals surface area contributed by atoms with Crippen molar-refractivity contribution in [3.63, 3.8) is 0 Å². The largest absolute Gasteiger partial charge is 0.417 e. The van der Waals surface area contributed by atoms with Crippen LogP contribution in [0.25, 0.3) is 0 Å². The van der Waals surface area contributed by atoms with E-state index in [1.165, 1.54) is 23.2 Å². The molecular formula is C22H22F3N5O3. The van der Waals surface area contributed by atoms with Crippen LogP contribution in [0.15, 0.2) is 36.5 Å².